The van der Waals surface area contributed by atoms with Gasteiger partial charge in [-0.15, -0.1) is 0 Å². The molecule has 4 aromatic rings. The largest absolute Gasteiger partial charge is 0.289 e. The number of hydrogen-bond donors (Lipinski definition) is 0. The Morgan fingerprint density at radius 1 is 0.571 bits per heavy atom. The summed E-state index contributed by atoms with van der Waals surface area (Å²) < 4.78 is 0. The second-order valence-corrected chi connectivity index (χ2v) is 7.75. The molecule has 0 atom stereocenters. The van der Waals surface area contributed by atoms with Gasteiger partial charge in [0, 0.05) is 11.1 Å². The van der Waals surface area contributed by atoms with Crippen LogP contribution in [0.1, 0.15) is 40.9 Å². The van der Waals surface area contributed by atoms with Crippen LogP contribution < -0.4 is 0 Å². The third-order valence-electron chi connectivity index (χ3n) is 6.53. The van der Waals surface area contributed by atoms with Crippen LogP contribution in [0.15, 0.2) is 60.7 Å². The molecule has 4 aromatic carbocycles. The second-order valence-electron chi connectivity index (χ2n) is 7.75. The highest BCUT2D eigenvalue weighted by atomic mass is 16.1. The molecule has 134 valence electrons. The zero-order valence-electron chi connectivity index (χ0n) is 16.1. The van der Waals surface area contributed by atoms with Crippen LogP contribution in [0.25, 0.3) is 44.2 Å². The molecule has 6 rings (SSSR count). The van der Waals surface area contributed by atoms with Crippen LogP contribution in [-0.2, 0) is 12.8 Å². The lowest BCUT2D eigenvalue weighted by Gasteiger charge is -2.19. The molecule has 0 aliphatic heterocycles. The highest BCUT2D eigenvalue weighted by Crippen LogP contribution is 2.55. The summed E-state index contributed by atoms with van der Waals surface area (Å²) in [7, 11) is 0. The van der Waals surface area contributed by atoms with E-state index in [1.54, 1.807) is 0 Å². The number of rotatable bonds is 2. The summed E-state index contributed by atoms with van der Waals surface area (Å²) >= 11 is 0. The summed E-state index contributed by atoms with van der Waals surface area (Å²) in [6.07, 6.45) is 1.78. The van der Waals surface area contributed by atoms with Crippen molar-refractivity contribution in [3.63, 3.8) is 0 Å². The molecule has 1 heteroatoms. The number of hydrogen-bond acceptors (Lipinski definition) is 1. The van der Waals surface area contributed by atoms with E-state index in [2.05, 4.69) is 62.4 Å². The number of benzene rings is 4. The smallest absolute Gasteiger partial charge is 0.194 e. The number of fused-ring (bicyclic) bond motifs is 6. The van der Waals surface area contributed by atoms with Gasteiger partial charge >= 0.3 is 0 Å². The summed E-state index contributed by atoms with van der Waals surface area (Å²) in [5.74, 6) is 0.197. The highest BCUT2D eigenvalue weighted by molar-refractivity contribution is 6.27. The Balaban J connectivity index is 1.87. The first kappa shape index (κ1) is 15.8. The van der Waals surface area contributed by atoms with Crippen molar-refractivity contribution in [2.45, 2.75) is 26.7 Å². The van der Waals surface area contributed by atoms with E-state index in [1.165, 1.54) is 49.7 Å². The van der Waals surface area contributed by atoms with Gasteiger partial charge in [0.1, 0.15) is 0 Å². The first-order valence-electron chi connectivity index (χ1n) is 10.1. The van der Waals surface area contributed by atoms with Crippen LogP contribution in [-0.4, -0.2) is 5.78 Å². The molecule has 0 saturated heterocycles. The summed E-state index contributed by atoms with van der Waals surface area (Å²) in [5, 5.41) is 2.62. The molecule has 28 heavy (non-hydrogen) atoms. The third kappa shape index (κ3) is 1.70. The van der Waals surface area contributed by atoms with Gasteiger partial charge in [0.15, 0.2) is 5.78 Å². The molecule has 0 radical (unpaired) electrons. The van der Waals surface area contributed by atoms with E-state index in [9.17, 15) is 4.79 Å². The fourth-order valence-electron chi connectivity index (χ4n) is 5.49. The molecular weight excluding hydrogens is 340 g/mol. The Kier molecular flexibility index (Phi) is 3.06. The lowest BCUT2D eigenvalue weighted by Crippen LogP contribution is -2.05. The first-order chi connectivity index (χ1) is 13.8. The van der Waals surface area contributed by atoms with Gasteiger partial charge in [-0.1, -0.05) is 74.5 Å². The lowest BCUT2D eigenvalue weighted by atomic mass is 9.83. The van der Waals surface area contributed by atoms with Crippen LogP contribution in [0.2, 0.25) is 0 Å². The van der Waals surface area contributed by atoms with Crippen molar-refractivity contribution in [1.29, 1.82) is 0 Å². The lowest BCUT2D eigenvalue weighted by molar-refractivity contribution is 0.104. The van der Waals surface area contributed by atoms with Crippen molar-refractivity contribution in [3.8, 4) is 33.4 Å². The molecule has 1 nitrogen and oxygen atoms in total. The van der Waals surface area contributed by atoms with Gasteiger partial charge in [-0.25, -0.2) is 0 Å². The molecule has 0 fully saturated rings. The number of carbonyl (C=O) groups is 1. The fourth-order valence-corrected chi connectivity index (χ4v) is 5.49. The molecular formula is C27H20O. The normalized spacial score (nSPS) is 13.0. The molecule has 0 bridgehead atoms. The van der Waals surface area contributed by atoms with Crippen molar-refractivity contribution in [2.75, 3.05) is 0 Å². The summed E-state index contributed by atoms with van der Waals surface area (Å²) in [4.78, 5) is 13.5. The molecule has 0 amide bonds. The SMILES string of the molecule is CCc1c2c(c(CC)c3c1-c1cccc4cccc-3c14)-c1ccccc1C2=O. The Hall–Kier alpha value is -3.19. The standard InChI is InChI=1S/C27H20O/c1-3-16-23-18-11-5-6-12-19(18)27(28)26(23)17(4-2)25-21-14-8-10-15-9-7-13-20(22(15)21)24(16)25/h5-14H,3-4H2,1-2H3. The van der Waals surface area contributed by atoms with Gasteiger partial charge in [0.25, 0.3) is 0 Å². The number of carbonyl (C=O) groups excluding carboxylic acids is 1. The summed E-state index contributed by atoms with van der Waals surface area (Å²) in [6, 6.07) is 21.3. The van der Waals surface area contributed by atoms with Crippen molar-refractivity contribution in [3.05, 3.63) is 82.9 Å². The minimum Gasteiger partial charge on any atom is -0.289 e. The van der Waals surface area contributed by atoms with E-state index in [0.717, 1.165) is 29.5 Å². The van der Waals surface area contributed by atoms with Crippen molar-refractivity contribution >= 4 is 16.6 Å². The van der Waals surface area contributed by atoms with Gasteiger partial charge in [0.2, 0.25) is 0 Å². The first-order valence-corrected chi connectivity index (χ1v) is 10.1. The van der Waals surface area contributed by atoms with E-state index in [0.29, 0.717) is 0 Å². The maximum atomic E-state index is 13.5. The maximum Gasteiger partial charge on any atom is 0.194 e. The Morgan fingerprint density at radius 3 is 1.68 bits per heavy atom. The minimum absolute atomic E-state index is 0.197. The minimum atomic E-state index is 0.197. The molecule has 0 heterocycles. The monoisotopic (exact) mass is 360 g/mol. The van der Waals surface area contributed by atoms with Crippen LogP contribution in [0.5, 0.6) is 0 Å². The summed E-state index contributed by atoms with van der Waals surface area (Å²) in [5.41, 5.74) is 11.9. The van der Waals surface area contributed by atoms with Crippen molar-refractivity contribution in [2.24, 2.45) is 0 Å². The average molecular weight is 360 g/mol. The topological polar surface area (TPSA) is 17.1 Å². The van der Waals surface area contributed by atoms with Gasteiger partial charge in [-0.3, -0.25) is 4.79 Å². The van der Waals surface area contributed by atoms with Crippen LogP contribution in [0, 0.1) is 0 Å². The average Bonchev–Trinajstić information content (AvgIpc) is 3.23. The Morgan fingerprint density at radius 2 is 1.07 bits per heavy atom. The zero-order chi connectivity index (χ0) is 19.0. The van der Waals surface area contributed by atoms with Crippen LogP contribution in [0.3, 0.4) is 0 Å². The van der Waals surface area contributed by atoms with E-state index in [1.807, 2.05) is 12.1 Å². The molecule has 2 aliphatic carbocycles. The number of ketones is 1. The molecule has 0 saturated carbocycles. The molecule has 0 unspecified atom stereocenters. The molecule has 2 aliphatic rings. The zero-order valence-corrected chi connectivity index (χ0v) is 16.1. The molecule has 0 spiro atoms. The molecule has 0 N–H and O–H groups in total. The maximum absolute atomic E-state index is 13.5. The molecule has 0 aromatic heterocycles. The van der Waals surface area contributed by atoms with E-state index in [4.69, 9.17) is 0 Å². The van der Waals surface area contributed by atoms with Crippen LogP contribution >= 0.6 is 0 Å². The van der Waals surface area contributed by atoms with Crippen LogP contribution in [0.4, 0.5) is 0 Å². The third-order valence-corrected chi connectivity index (χ3v) is 6.53. The second kappa shape index (κ2) is 5.42. The van der Waals surface area contributed by atoms with E-state index < -0.39 is 0 Å². The fraction of sp³-hybridized carbons (Fsp3) is 0.148. The van der Waals surface area contributed by atoms with E-state index in [-0.39, 0.29) is 5.78 Å². The van der Waals surface area contributed by atoms with Gasteiger partial charge in [0.05, 0.1) is 0 Å². The Bertz CT molecular complexity index is 1340. The summed E-state index contributed by atoms with van der Waals surface area (Å²) in [6.45, 7) is 4.40. The van der Waals surface area contributed by atoms with E-state index >= 15 is 0 Å². The van der Waals surface area contributed by atoms with Crippen molar-refractivity contribution in [1.82, 2.24) is 0 Å². The predicted molar refractivity (Wildman–Crippen MR) is 116 cm³/mol. The van der Waals surface area contributed by atoms with Gasteiger partial charge in [-0.2, -0.15) is 0 Å². The highest BCUT2D eigenvalue weighted by Gasteiger charge is 2.37. The van der Waals surface area contributed by atoms with Gasteiger partial charge in [-0.05, 0) is 68.1 Å². The predicted octanol–water partition coefficient (Wildman–Crippen LogP) is 6.82. The van der Waals surface area contributed by atoms with Gasteiger partial charge < -0.3 is 0 Å². The quantitative estimate of drug-likeness (QED) is 0.331. The van der Waals surface area contributed by atoms with Crippen molar-refractivity contribution < 1.29 is 4.79 Å². The Labute approximate surface area is 164 Å².